The maximum Gasteiger partial charge on any atom is 0.317 e. The summed E-state index contributed by atoms with van der Waals surface area (Å²) < 4.78 is 0.335. The van der Waals surface area contributed by atoms with Crippen LogP contribution in [0.2, 0.25) is 0 Å². The normalized spacial score (nSPS) is 20.7. The highest BCUT2D eigenvalue weighted by atomic mass is 127. The number of phenolic OH excluding ortho intramolecular Hbond substituents is 2. The fourth-order valence-corrected chi connectivity index (χ4v) is 14.9. The van der Waals surface area contributed by atoms with E-state index in [0.29, 0.717) is 37.6 Å². The predicted molar refractivity (Wildman–Crippen MR) is 408 cm³/mol. The number of hydrogen-bond acceptors (Lipinski definition) is 24. The Labute approximate surface area is 647 Å². The number of aliphatic carboxylic acids is 3. The zero-order valence-corrected chi connectivity index (χ0v) is 63.3. The molecule has 2 fully saturated rings. The second kappa shape index (κ2) is 42.9. The number of nitrogens with two attached hydrogens (primary N) is 2. The third-order valence-corrected chi connectivity index (χ3v) is 21.2. The van der Waals surface area contributed by atoms with Crippen molar-refractivity contribution in [2.75, 3.05) is 96.6 Å². The fourth-order valence-electron chi connectivity index (χ4n) is 12.0. The number of fused-ring (bicyclic) bond motifs is 1. The van der Waals surface area contributed by atoms with Gasteiger partial charge in [0.15, 0.2) is 0 Å². The zero-order valence-electron chi connectivity index (χ0n) is 59.5. The summed E-state index contributed by atoms with van der Waals surface area (Å²) in [5.41, 5.74) is 13.6. The quantitative estimate of drug-likeness (QED) is 0.00855. The molecule has 39 heteroatoms. The van der Waals surface area contributed by atoms with Crippen molar-refractivity contribution in [2.24, 2.45) is 11.5 Å². The number of aromatic hydroxyl groups is 2. The van der Waals surface area contributed by atoms with Crippen molar-refractivity contribution in [2.45, 2.75) is 106 Å². The number of nitro benzene ring substituents is 1. The van der Waals surface area contributed by atoms with E-state index in [0.717, 1.165) is 33.7 Å². The molecule has 36 nitrogen and oxygen atoms in total. The molecule has 109 heavy (non-hydrogen) atoms. The van der Waals surface area contributed by atoms with E-state index in [1.54, 1.807) is 40.3 Å². The Balaban J connectivity index is 1.30. The molecule has 19 N–H and O–H groups in total. The molecular formula is C70H91IN16O20S2. The number of nitro groups is 1. The Morgan fingerprint density at radius 2 is 1.14 bits per heavy atom. The van der Waals surface area contributed by atoms with E-state index >= 15 is 19.2 Å². The molecule has 2 aliphatic rings. The molecule has 1 aromatic heterocycles. The number of non-ortho nitro benzene ring substituents is 1. The Bertz CT molecular complexity index is 4000. The number of aromatic amines is 1. The van der Waals surface area contributed by atoms with Gasteiger partial charge < -0.3 is 89.6 Å². The number of nitrogens with zero attached hydrogens (tertiary/aromatic N) is 5. The number of para-hydroxylation sites is 1. The van der Waals surface area contributed by atoms with Crippen LogP contribution in [0.25, 0.3) is 10.9 Å². The standard InChI is InChI=1S/C70H91IN16O20S2/c1-40(88)62-70(105)81-56(68(103)77-51(63(73)98)29-42-11-16-46(89)17-12-42)39-109-108-38-55(69(104)78-53(31-43-13-18-57(90)48(71)28-43)66(101)79-54(32-44-33-74-49-7-3-2-6-47(44)49)67(102)76-50(64(99)82-62)8-4-5-19-72)80-65(100)52(30-41-9-14-45(15-10-41)87(106)107)75-58(91)34-83-20-22-84(35-59(92)93)24-26-86(37-61(96)97)27-25-85(23-21-83)36-60(94)95/h2-3,6-7,9-18,28,33,40,50-56,62,74,88-90H,4-5,8,19-27,29-32,34-39,72H2,1H3,(H2,73,98)(H,75,91)(H,76,102)(H,77,103)(H,78,104)(H,79,101)(H,80,100)(H,81,105)(H,82,99)(H,92,93)(H,94,95)(H,96,97)/t40-,50+,51-,52+,53+,54-,55-,56+,62+/m1/s1. The highest BCUT2D eigenvalue weighted by Gasteiger charge is 2.38. The summed E-state index contributed by atoms with van der Waals surface area (Å²) in [7, 11) is 1.66. The van der Waals surface area contributed by atoms with Gasteiger partial charge >= 0.3 is 17.9 Å². The number of hydrogen-bond donors (Lipinski definition) is 17. The van der Waals surface area contributed by atoms with Crippen molar-refractivity contribution in [3.05, 3.63) is 133 Å². The molecule has 5 aromatic rings. The first-order valence-electron chi connectivity index (χ1n) is 34.8. The number of phenols is 2. The van der Waals surface area contributed by atoms with E-state index in [4.69, 9.17) is 11.5 Å². The SMILES string of the molecule is C[C@@H](O)[C@@H]1NC(=O)[C@H](CCCCN)NC(=O)[C@@H](Cc2c[nH]c3ccccc23)NC(=O)[C@H](Cc2ccc(O)c(I)c2)NC(=O)[C@H](NC(=O)[C@H](Cc2ccc([N+](=O)[O-])cc2)NC(=O)CN2CCN(CC(=O)O)CCN(CC(=O)O)CCN(CC(=O)O)CC2)CSSC[C@@H](C(=O)N[C@H](Cc2ccc(O)cc2)C(N)=O)NC1=O. The lowest BCUT2D eigenvalue weighted by Gasteiger charge is -2.33. The van der Waals surface area contributed by atoms with Gasteiger partial charge in [0.1, 0.15) is 59.8 Å². The van der Waals surface area contributed by atoms with Crippen molar-refractivity contribution >= 4 is 132 Å². The number of unbranched alkanes of at least 4 members (excludes halogenated alkanes) is 1. The average molecular weight is 1670 g/mol. The number of carboxylic acids is 3. The molecule has 0 spiro atoms. The lowest BCUT2D eigenvalue weighted by atomic mass is 10.0. The topological polar surface area (TPSA) is 546 Å². The minimum absolute atomic E-state index is 0.00490. The van der Waals surface area contributed by atoms with E-state index in [2.05, 4.69) is 47.5 Å². The van der Waals surface area contributed by atoms with Gasteiger partial charge in [-0.05, 0) is 108 Å². The van der Waals surface area contributed by atoms with Crippen LogP contribution >= 0.6 is 44.2 Å². The smallest absolute Gasteiger partial charge is 0.317 e. The molecule has 0 radical (unpaired) electrons. The summed E-state index contributed by atoms with van der Waals surface area (Å²) in [6.07, 6.45) is -0.812. The van der Waals surface area contributed by atoms with E-state index in [-0.39, 0.29) is 114 Å². The van der Waals surface area contributed by atoms with Crippen LogP contribution in [0.4, 0.5) is 5.69 Å². The summed E-state index contributed by atoms with van der Waals surface area (Å²) in [4.78, 5) is 190. The molecule has 2 saturated heterocycles. The number of carbonyl (C=O) groups excluding carboxylic acids is 9. The highest BCUT2D eigenvalue weighted by molar-refractivity contribution is 14.1. The van der Waals surface area contributed by atoms with E-state index in [9.17, 15) is 79.1 Å². The molecule has 0 saturated carbocycles. The number of nitrogens with one attached hydrogen (secondary N) is 9. The number of aromatic nitrogens is 1. The maximum absolute atomic E-state index is 15.5. The number of halogens is 1. The molecule has 9 atom stereocenters. The second-order valence-corrected chi connectivity index (χ2v) is 30.0. The van der Waals surface area contributed by atoms with Crippen LogP contribution in [0.5, 0.6) is 11.5 Å². The average Bonchev–Trinajstić information content (AvgIpc) is 1.77. The summed E-state index contributed by atoms with van der Waals surface area (Å²) in [5, 5.41) is 95.0. The lowest BCUT2D eigenvalue weighted by molar-refractivity contribution is -0.384. The Hall–Kier alpha value is -9.75. The predicted octanol–water partition coefficient (Wildman–Crippen LogP) is -1.89. The molecule has 3 heterocycles. The van der Waals surface area contributed by atoms with Crippen LogP contribution in [0.3, 0.4) is 0 Å². The number of aliphatic hydroxyl groups is 1. The Morgan fingerprint density at radius 1 is 0.624 bits per heavy atom. The van der Waals surface area contributed by atoms with Crippen molar-refractivity contribution in [1.82, 2.24) is 67.1 Å². The number of rotatable bonds is 28. The number of amides is 9. The summed E-state index contributed by atoms with van der Waals surface area (Å²) in [5.74, 6) is -13.7. The minimum Gasteiger partial charge on any atom is -0.508 e. The molecule has 7 rings (SSSR count). The van der Waals surface area contributed by atoms with Crippen molar-refractivity contribution in [3.63, 3.8) is 0 Å². The minimum atomic E-state index is -1.85. The largest absolute Gasteiger partial charge is 0.508 e. The van der Waals surface area contributed by atoms with Gasteiger partial charge in [0.2, 0.25) is 53.2 Å². The maximum atomic E-state index is 15.5. The highest BCUT2D eigenvalue weighted by Crippen LogP contribution is 2.26. The fraction of sp³-hybridized carbons (Fsp3) is 0.457. The van der Waals surface area contributed by atoms with Gasteiger partial charge in [-0.1, -0.05) is 70.1 Å². The van der Waals surface area contributed by atoms with E-state index < -0.39 is 175 Å². The molecule has 4 aromatic carbocycles. The monoisotopic (exact) mass is 1670 g/mol. The third-order valence-electron chi connectivity index (χ3n) is 17.9. The molecule has 590 valence electrons. The van der Waals surface area contributed by atoms with Gasteiger partial charge in [0.05, 0.1) is 40.8 Å². The summed E-state index contributed by atoms with van der Waals surface area (Å²) >= 11 is 1.86. The molecule has 9 amide bonds. The molecule has 0 bridgehead atoms. The molecule has 0 aliphatic carbocycles. The first-order valence-corrected chi connectivity index (χ1v) is 38.4. The van der Waals surface area contributed by atoms with Crippen molar-refractivity contribution < 1.29 is 93.1 Å². The summed E-state index contributed by atoms with van der Waals surface area (Å²) in [6, 6.07) is 8.87. The van der Waals surface area contributed by atoms with Crippen molar-refractivity contribution in [1.29, 1.82) is 0 Å². The van der Waals surface area contributed by atoms with Crippen LogP contribution in [-0.4, -0.2) is 282 Å². The molecular weight excluding hydrogens is 1580 g/mol. The van der Waals surface area contributed by atoms with Crippen molar-refractivity contribution in [3.8, 4) is 11.5 Å². The zero-order chi connectivity index (χ0) is 79.4. The van der Waals surface area contributed by atoms with Gasteiger partial charge in [-0.3, -0.25) is 87.2 Å². The van der Waals surface area contributed by atoms with E-state index in [1.807, 2.05) is 22.6 Å². The first kappa shape index (κ1) is 86.5. The number of aliphatic hydroxyl groups excluding tert-OH is 1. The number of primary amides is 1. The Kier molecular flexibility index (Phi) is 34.0. The number of carbonyl (C=O) groups is 12. The molecule has 2 aliphatic heterocycles. The van der Waals surface area contributed by atoms with Crippen LogP contribution < -0.4 is 54.0 Å². The number of H-pyrrole nitrogens is 1. The number of carboxylic acid groups (broad SMARTS) is 3. The second-order valence-electron chi connectivity index (χ2n) is 26.3. The first-order chi connectivity index (χ1) is 51.9. The van der Waals surface area contributed by atoms with Crippen LogP contribution in [-0.2, 0) is 83.2 Å². The number of benzene rings is 4. The van der Waals surface area contributed by atoms with Gasteiger partial charge in [-0.25, -0.2) is 0 Å². The van der Waals surface area contributed by atoms with Crippen LogP contribution in [0, 0.1) is 13.7 Å². The lowest BCUT2D eigenvalue weighted by Crippen LogP contribution is -2.62. The van der Waals surface area contributed by atoms with Gasteiger partial charge in [-0.2, -0.15) is 0 Å². The van der Waals surface area contributed by atoms with Gasteiger partial charge in [0, 0.05) is 119 Å². The van der Waals surface area contributed by atoms with Crippen LogP contribution in [0.15, 0.2) is 97.2 Å². The van der Waals surface area contributed by atoms with Crippen LogP contribution in [0.1, 0.15) is 48.4 Å². The van der Waals surface area contributed by atoms with Gasteiger partial charge in [0.25, 0.3) is 5.69 Å². The molecule has 0 unspecified atom stereocenters. The van der Waals surface area contributed by atoms with E-state index in [1.165, 1.54) is 71.3 Å². The Morgan fingerprint density at radius 3 is 1.69 bits per heavy atom. The third kappa shape index (κ3) is 28.3. The van der Waals surface area contributed by atoms with Gasteiger partial charge in [-0.15, -0.1) is 0 Å². The summed E-state index contributed by atoms with van der Waals surface area (Å²) in [6.45, 7) is -0.294.